The molecule has 3 rings (SSSR count). The van der Waals surface area contributed by atoms with Crippen molar-refractivity contribution in [1.29, 1.82) is 0 Å². The Labute approximate surface area is 120 Å². The molecule has 0 amide bonds. The number of hydrogen-bond donors (Lipinski definition) is 0. The molecule has 4 nitrogen and oxygen atoms in total. The molecule has 0 aliphatic carbocycles. The minimum absolute atomic E-state index is 0.343. The van der Waals surface area contributed by atoms with E-state index in [0.29, 0.717) is 10.6 Å². The van der Waals surface area contributed by atoms with Crippen LogP contribution >= 0.6 is 11.3 Å². The van der Waals surface area contributed by atoms with Gasteiger partial charge in [0.1, 0.15) is 9.88 Å². The van der Waals surface area contributed by atoms with Gasteiger partial charge in [0.05, 0.1) is 18.3 Å². The molecule has 5 heteroatoms. The Balaban J connectivity index is 2.19. The fraction of sp³-hybridized carbons (Fsp3) is 0.133. The summed E-state index contributed by atoms with van der Waals surface area (Å²) in [5, 5.41) is 1.83. The Morgan fingerprint density at radius 2 is 2.05 bits per heavy atom. The molecular formula is C15H12N2O2S. The van der Waals surface area contributed by atoms with Crippen LogP contribution in [0, 0.1) is 6.92 Å². The third-order valence-electron chi connectivity index (χ3n) is 3.05. The van der Waals surface area contributed by atoms with Crippen molar-refractivity contribution in [2.24, 2.45) is 0 Å². The molecule has 0 spiro atoms. The third kappa shape index (κ3) is 2.06. The van der Waals surface area contributed by atoms with E-state index in [2.05, 4.69) is 9.97 Å². The van der Waals surface area contributed by atoms with Crippen molar-refractivity contribution < 1.29 is 9.53 Å². The van der Waals surface area contributed by atoms with E-state index >= 15 is 0 Å². The van der Waals surface area contributed by atoms with E-state index in [-0.39, 0.29) is 5.97 Å². The quantitative estimate of drug-likeness (QED) is 0.676. The van der Waals surface area contributed by atoms with E-state index in [9.17, 15) is 4.79 Å². The highest BCUT2D eigenvalue weighted by atomic mass is 32.1. The van der Waals surface area contributed by atoms with Gasteiger partial charge < -0.3 is 4.74 Å². The highest BCUT2D eigenvalue weighted by Gasteiger charge is 2.17. The average molecular weight is 284 g/mol. The molecule has 2 aromatic heterocycles. The fourth-order valence-corrected chi connectivity index (χ4v) is 3.10. The third-order valence-corrected chi connectivity index (χ3v) is 4.22. The zero-order valence-electron chi connectivity index (χ0n) is 11.1. The molecule has 0 radical (unpaired) electrons. The van der Waals surface area contributed by atoms with Crippen LogP contribution in [0.15, 0.2) is 36.5 Å². The average Bonchev–Trinajstić information content (AvgIpc) is 2.87. The Hall–Kier alpha value is -2.27. The van der Waals surface area contributed by atoms with Gasteiger partial charge in [-0.1, -0.05) is 18.2 Å². The molecule has 0 aliphatic rings. The summed E-state index contributed by atoms with van der Waals surface area (Å²) in [5.74, 6) is -0.343. The monoisotopic (exact) mass is 284 g/mol. The number of fused-ring (bicyclic) bond motifs is 1. The number of methoxy groups -OCH3 is 1. The molecule has 0 aliphatic heterocycles. The molecular weight excluding hydrogens is 272 g/mol. The molecule has 0 saturated heterocycles. The molecule has 0 unspecified atom stereocenters. The first-order valence-electron chi connectivity index (χ1n) is 6.10. The summed E-state index contributed by atoms with van der Waals surface area (Å²) in [5.41, 5.74) is 2.59. The number of ether oxygens (including phenoxy) is 1. The second kappa shape index (κ2) is 5.02. The van der Waals surface area contributed by atoms with Crippen molar-refractivity contribution in [1.82, 2.24) is 9.97 Å². The second-order valence-electron chi connectivity index (χ2n) is 4.30. The summed E-state index contributed by atoms with van der Waals surface area (Å²) in [4.78, 5) is 21.0. The Kier molecular flexibility index (Phi) is 3.20. The van der Waals surface area contributed by atoms with Gasteiger partial charge in [-0.25, -0.2) is 9.78 Å². The van der Waals surface area contributed by atoms with E-state index in [1.165, 1.54) is 18.4 Å². The lowest BCUT2D eigenvalue weighted by Crippen LogP contribution is -1.99. The van der Waals surface area contributed by atoms with E-state index in [1.54, 1.807) is 6.20 Å². The predicted octanol–water partition coefficient (Wildman–Crippen LogP) is 3.45. The van der Waals surface area contributed by atoms with Crippen molar-refractivity contribution in [3.63, 3.8) is 0 Å². The minimum Gasteiger partial charge on any atom is -0.465 e. The highest BCUT2D eigenvalue weighted by Crippen LogP contribution is 2.32. The van der Waals surface area contributed by atoms with Gasteiger partial charge in [-0.2, -0.15) is 0 Å². The molecule has 100 valence electrons. The number of esters is 1. The van der Waals surface area contributed by atoms with Gasteiger partial charge in [-0.15, -0.1) is 11.3 Å². The van der Waals surface area contributed by atoms with Crippen LogP contribution in [0.2, 0.25) is 0 Å². The molecule has 20 heavy (non-hydrogen) atoms. The van der Waals surface area contributed by atoms with Gasteiger partial charge in [0.15, 0.2) is 0 Å². The number of thiazole rings is 1. The maximum absolute atomic E-state index is 11.7. The van der Waals surface area contributed by atoms with Crippen LogP contribution in [-0.4, -0.2) is 23.0 Å². The molecule has 0 saturated carbocycles. The zero-order chi connectivity index (χ0) is 14.1. The SMILES string of the molecule is COC(=O)c1sc(-c2ccnc3ccccc23)nc1C. The second-order valence-corrected chi connectivity index (χ2v) is 5.30. The summed E-state index contributed by atoms with van der Waals surface area (Å²) in [7, 11) is 1.38. The summed E-state index contributed by atoms with van der Waals surface area (Å²) in [6, 6.07) is 9.80. The number of aromatic nitrogens is 2. The Morgan fingerprint density at radius 3 is 2.85 bits per heavy atom. The number of benzene rings is 1. The van der Waals surface area contributed by atoms with Gasteiger partial charge in [-0.05, 0) is 19.1 Å². The summed E-state index contributed by atoms with van der Waals surface area (Å²) in [6.45, 7) is 1.82. The van der Waals surface area contributed by atoms with Gasteiger partial charge in [0.2, 0.25) is 0 Å². The Morgan fingerprint density at radius 1 is 1.25 bits per heavy atom. The summed E-state index contributed by atoms with van der Waals surface area (Å²) >= 11 is 1.35. The van der Waals surface area contributed by atoms with Gasteiger partial charge >= 0.3 is 5.97 Å². The molecule has 2 heterocycles. The molecule has 1 aromatic carbocycles. The van der Waals surface area contributed by atoms with Gasteiger partial charge in [-0.3, -0.25) is 4.98 Å². The first-order valence-corrected chi connectivity index (χ1v) is 6.92. The van der Waals surface area contributed by atoms with Gasteiger partial charge in [0, 0.05) is 17.1 Å². The van der Waals surface area contributed by atoms with Crippen LogP contribution in [0.25, 0.3) is 21.5 Å². The largest absolute Gasteiger partial charge is 0.465 e. The van der Waals surface area contributed by atoms with E-state index in [1.807, 2.05) is 37.3 Å². The maximum atomic E-state index is 11.7. The van der Waals surface area contributed by atoms with Crippen molar-refractivity contribution >= 4 is 28.2 Å². The number of pyridine rings is 1. The van der Waals surface area contributed by atoms with Crippen LogP contribution in [0.5, 0.6) is 0 Å². The number of carbonyl (C=O) groups excluding carboxylic acids is 1. The fourth-order valence-electron chi connectivity index (χ4n) is 2.08. The van der Waals surface area contributed by atoms with Crippen molar-refractivity contribution in [3.8, 4) is 10.6 Å². The molecule has 0 bridgehead atoms. The molecule has 0 atom stereocenters. The van der Waals surface area contributed by atoms with Gasteiger partial charge in [0.25, 0.3) is 0 Å². The lowest BCUT2D eigenvalue weighted by Gasteiger charge is -2.02. The standard InChI is InChI=1S/C15H12N2O2S/c1-9-13(15(18)19-2)20-14(17-9)11-7-8-16-12-6-4-3-5-10(11)12/h3-8H,1-2H3. The smallest absolute Gasteiger partial charge is 0.349 e. The van der Waals surface area contributed by atoms with E-state index < -0.39 is 0 Å². The first kappa shape index (κ1) is 12.7. The highest BCUT2D eigenvalue weighted by molar-refractivity contribution is 7.17. The number of para-hydroxylation sites is 1. The van der Waals surface area contributed by atoms with Crippen molar-refractivity contribution in [2.75, 3.05) is 7.11 Å². The maximum Gasteiger partial charge on any atom is 0.349 e. The topological polar surface area (TPSA) is 52.1 Å². The number of carbonyl (C=O) groups is 1. The normalized spacial score (nSPS) is 10.7. The first-order chi connectivity index (χ1) is 9.70. The van der Waals surface area contributed by atoms with E-state index in [4.69, 9.17) is 4.74 Å². The molecule has 0 fully saturated rings. The molecule has 3 aromatic rings. The molecule has 0 N–H and O–H groups in total. The van der Waals surface area contributed by atoms with Crippen LogP contribution in [0.3, 0.4) is 0 Å². The van der Waals surface area contributed by atoms with Crippen LogP contribution in [0.1, 0.15) is 15.4 Å². The Bertz CT molecular complexity index is 790. The van der Waals surface area contributed by atoms with Crippen LogP contribution in [-0.2, 0) is 4.74 Å². The number of hydrogen-bond acceptors (Lipinski definition) is 5. The summed E-state index contributed by atoms with van der Waals surface area (Å²) in [6.07, 6.45) is 1.76. The lowest BCUT2D eigenvalue weighted by molar-refractivity contribution is 0.0605. The van der Waals surface area contributed by atoms with Crippen molar-refractivity contribution in [3.05, 3.63) is 47.1 Å². The summed E-state index contributed by atoms with van der Waals surface area (Å²) < 4.78 is 4.77. The van der Waals surface area contributed by atoms with Crippen molar-refractivity contribution in [2.45, 2.75) is 6.92 Å². The number of aryl methyl sites for hydroxylation is 1. The predicted molar refractivity (Wildman–Crippen MR) is 78.9 cm³/mol. The lowest BCUT2D eigenvalue weighted by atomic mass is 10.1. The zero-order valence-corrected chi connectivity index (χ0v) is 11.9. The number of rotatable bonds is 2. The minimum atomic E-state index is -0.343. The van der Waals surface area contributed by atoms with Crippen LogP contribution in [0.4, 0.5) is 0 Å². The van der Waals surface area contributed by atoms with E-state index in [0.717, 1.165) is 21.5 Å². The van der Waals surface area contributed by atoms with Crippen LogP contribution < -0.4 is 0 Å². The number of nitrogens with zero attached hydrogens (tertiary/aromatic N) is 2.